The summed E-state index contributed by atoms with van der Waals surface area (Å²) < 4.78 is 0. The lowest BCUT2D eigenvalue weighted by Crippen LogP contribution is -2.60. The summed E-state index contributed by atoms with van der Waals surface area (Å²) >= 11 is 0. The largest absolute Gasteiger partial charge is 0.391 e. The minimum absolute atomic E-state index is 0.00936. The molecule has 0 radical (unpaired) electrons. The molecular formula is C27H51N9O8. The lowest BCUT2D eigenvalue weighted by atomic mass is 10.0. The molecule has 0 fully saturated rings. The van der Waals surface area contributed by atoms with Crippen LogP contribution < -0.4 is 49.1 Å². The molecule has 0 heterocycles. The van der Waals surface area contributed by atoms with E-state index in [2.05, 4.69) is 31.9 Å². The highest BCUT2D eigenvalue weighted by atomic mass is 16.3. The fraction of sp³-hybridized carbons (Fsp3) is 0.741. The van der Waals surface area contributed by atoms with E-state index in [1.54, 1.807) is 0 Å². The molecule has 0 aromatic carbocycles. The Hall–Kier alpha value is -3.67. The molecule has 6 atom stereocenters. The lowest BCUT2D eigenvalue weighted by molar-refractivity contribution is -0.135. The van der Waals surface area contributed by atoms with Crippen LogP contribution in [0, 0.1) is 5.92 Å². The molecule has 13 N–H and O–H groups in total. The smallest absolute Gasteiger partial charge is 0.245 e. The van der Waals surface area contributed by atoms with Gasteiger partial charge in [-0.3, -0.25) is 28.8 Å². The summed E-state index contributed by atoms with van der Waals surface area (Å²) in [6.07, 6.45) is 0.511. The van der Waals surface area contributed by atoms with E-state index in [1.807, 2.05) is 13.8 Å². The Bertz CT molecular complexity index is 935. The molecule has 0 rings (SSSR count). The maximum absolute atomic E-state index is 13.1. The minimum atomic E-state index is -1.40. The maximum atomic E-state index is 13.1. The Morgan fingerprint density at radius 2 is 1.25 bits per heavy atom. The molecule has 17 heteroatoms. The third-order valence-electron chi connectivity index (χ3n) is 6.40. The normalized spacial score (nSPS) is 15.0. The number of nitrogens with two attached hydrogens (primary N) is 3. The standard InChI is InChI=1S/C27H51N9O8/c1-16(2)13-21(32-15-38)26(43)35-19(7-10-29)24(41)34-20(8-11-30)25(42)36-23(17(3)39)27(44)31-12-4-5-22(40)33-18(14-37)6-9-28/h14-21,23,39H,4-13,28-30H2,1-3H3,(H,31,44)(H,32,38)(H,33,40)(H,34,41)(H,35,43)(H,36,42). The summed E-state index contributed by atoms with van der Waals surface area (Å²) in [6.45, 7) is 5.29. The number of hydrogen-bond donors (Lipinski definition) is 10. The van der Waals surface area contributed by atoms with Crippen LogP contribution in [0.15, 0.2) is 0 Å². The number of aliphatic hydroxyl groups excluding tert-OH is 1. The highest BCUT2D eigenvalue weighted by Crippen LogP contribution is 2.06. The average Bonchev–Trinajstić information content (AvgIpc) is 2.96. The van der Waals surface area contributed by atoms with Crippen LogP contribution in [0.4, 0.5) is 0 Å². The monoisotopic (exact) mass is 629 g/mol. The van der Waals surface area contributed by atoms with Crippen molar-refractivity contribution >= 4 is 42.2 Å². The van der Waals surface area contributed by atoms with E-state index < -0.39 is 65.8 Å². The Balaban J connectivity index is 5.29. The molecule has 0 aromatic rings. The Morgan fingerprint density at radius 3 is 1.70 bits per heavy atom. The Labute approximate surface area is 257 Å². The second kappa shape index (κ2) is 22.8. The van der Waals surface area contributed by atoms with Crippen LogP contribution in [0.5, 0.6) is 0 Å². The van der Waals surface area contributed by atoms with Crippen molar-refractivity contribution in [2.75, 3.05) is 26.2 Å². The third-order valence-corrected chi connectivity index (χ3v) is 6.40. The van der Waals surface area contributed by atoms with Gasteiger partial charge in [-0.15, -0.1) is 0 Å². The van der Waals surface area contributed by atoms with Crippen LogP contribution >= 0.6 is 0 Å². The quantitative estimate of drug-likeness (QED) is 0.0359. The van der Waals surface area contributed by atoms with Gasteiger partial charge in [0.1, 0.15) is 30.5 Å². The molecule has 0 aliphatic rings. The van der Waals surface area contributed by atoms with Crippen molar-refractivity contribution < 1.29 is 38.7 Å². The number of nitrogens with one attached hydrogen (secondary N) is 6. The van der Waals surface area contributed by atoms with Gasteiger partial charge in [0.2, 0.25) is 35.9 Å². The zero-order valence-electron chi connectivity index (χ0n) is 25.8. The minimum Gasteiger partial charge on any atom is -0.391 e. The van der Waals surface area contributed by atoms with Gasteiger partial charge in [0.15, 0.2) is 0 Å². The summed E-state index contributed by atoms with van der Waals surface area (Å²) in [4.78, 5) is 85.6. The summed E-state index contributed by atoms with van der Waals surface area (Å²) in [6, 6.07) is -5.33. The van der Waals surface area contributed by atoms with Gasteiger partial charge >= 0.3 is 0 Å². The van der Waals surface area contributed by atoms with Crippen molar-refractivity contribution in [2.45, 2.75) is 95.6 Å². The van der Waals surface area contributed by atoms with Gasteiger partial charge in [-0.2, -0.15) is 0 Å². The van der Waals surface area contributed by atoms with E-state index in [4.69, 9.17) is 17.2 Å². The van der Waals surface area contributed by atoms with Crippen molar-refractivity contribution in [2.24, 2.45) is 23.1 Å². The summed E-state index contributed by atoms with van der Waals surface area (Å²) in [7, 11) is 0. The second-order valence-electron chi connectivity index (χ2n) is 10.8. The molecule has 0 saturated carbocycles. The number of carbonyl (C=O) groups excluding carboxylic acids is 7. The Morgan fingerprint density at radius 1 is 0.727 bits per heavy atom. The van der Waals surface area contributed by atoms with E-state index in [1.165, 1.54) is 6.92 Å². The van der Waals surface area contributed by atoms with Crippen molar-refractivity contribution in [3.05, 3.63) is 0 Å². The molecular weight excluding hydrogens is 578 g/mol. The number of aldehydes is 1. The fourth-order valence-corrected chi connectivity index (χ4v) is 4.08. The van der Waals surface area contributed by atoms with E-state index in [-0.39, 0.29) is 57.8 Å². The van der Waals surface area contributed by atoms with Gasteiger partial charge in [-0.05, 0) is 64.6 Å². The van der Waals surface area contributed by atoms with Gasteiger partial charge in [-0.1, -0.05) is 13.8 Å². The van der Waals surface area contributed by atoms with Crippen LogP contribution in [0.3, 0.4) is 0 Å². The highest BCUT2D eigenvalue weighted by Gasteiger charge is 2.32. The van der Waals surface area contributed by atoms with E-state index in [9.17, 15) is 38.7 Å². The molecule has 0 saturated heterocycles. The summed E-state index contributed by atoms with van der Waals surface area (Å²) in [5.41, 5.74) is 16.7. The maximum Gasteiger partial charge on any atom is 0.245 e. The number of hydrogen-bond acceptors (Lipinski definition) is 11. The summed E-state index contributed by atoms with van der Waals surface area (Å²) in [5, 5.41) is 25.1. The third kappa shape index (κ3) is 16.3. The first kappa shape index (κ1) is 40.3. The molecule has 17 nitrogen and oxygen atoms in total. The molecule has 6 unspecified atom stereocenters. The van der Waals surface area contributed by atoms with Crippen LogP contribution in [-0.2, 0) is 33.6 Å². The van der Waals surface area contributed by atoms with Crippen LogP contribution in [-0.4, -0.2) is 110 Å². The molecule has 0 bridgehead atoms. The predicted octanol–water partition coefficient (Wildman–Crippen LogP) is -4.39. The topological polar surface area (TPSA) is 290 Å². The molecule has 44 heavy (non-hydrogen) atoms. The first-order valence-corrected chi connectivity index (χ1v) is 14.8. The molecule has 252 valence electrons. The molecule has 6 amide bonds. The first-order chi connectivity index (χ1) is 20.8. The Kier molecular flexibility index (Phi) is 20.9. The predicted molar refractivity (Wildman–Crippen MR) is 161 cm³/mol. The van der Waals surface area contributed by atoms with Gasteiger partial charge in [0.25, 0.3) is 0 Å². The SMILES string of the molecule is CC(C)CC(NC=O)C(=O)NC(CCN)C(=O)NC(CCN)C(=O)NC(C(=O)NCCCC(=O)NC(C=O)CCN)C(C)O. The molecule has 0 aromatic heterocycles. The van der Waals surface area contributed by atoms with E-state index in [0.717, 1.165) is 0 Å². The van der Waals surface area contributed by atoms with Crippen molar-refractivity contribution in [1.29, 1.82) is 0 Å². The average molecular weight is 630 g/mol. The van der Waals surface area contributed by atoms with Gasteiger partial charge < -0.3 is 59.0 Å². The number of aliphatic hydroxyl groups is 1. The van der Waals surface area contributed by atoms with E-state index >= 15 is 0 Å². The van der Waals surface area contributed by atoms with Crippen LogP contribution in [0.2, 0.25) is 0 Å². The fourth-order valence-electron chi connectivity index (χ4n) is 4.08. The second-order valence-corrected chi connectivity index (χ2v) is 10.8. The molecule has 0 aliphatic carbocycles. The number of rotatable bonds is 24. The van der Waals surface area contributed by atoms with Gasteiger partial charge in [-0.25, -0.2) is 0 Å². The van der Waals surface area contributed by atoms with Crippen LogP contribution in [0.25, 0.3) is 0 Å². The lowest BCUT2D eigenvalue weighted by Gasteiger charge is -2.27. The highest BCUT2D eigenvalue weighted by molar-refractivity contribution is 5.95. The van der Waals surface area contributed by atoms with Gasteiger partial charge in [0.05, 0.1) is 12.1 Å². The van der Waals surface area contributed by atoms with Crippen molar-refractivity contribution in [3.63, 3.8) is 0 Å². The summed E-state index contributed by atoms with van der Waals surface area (Å²) in [5.74, 6) is -3.19. The number of carbonyl (C=O) groups is 7. The van der Waals surface area contributed by atoms with Crippen molar-refractivity contribution in [1.82, 2.24) is 31.9 Å². The number of amides is 6. The van der Waals surface area contributed by atoms with Crippen LogP contribution in [0.1, 0.15) is 59.3 Å². The molecule has 0 spiro atoms. The van der Waals surface area contributed by atoms with Gasteiger partial charge in [0, 0.05) is 13.0 Å². The van der Waals surface area contributed by atoms with E-state index in [0.29, 0.717) is 25.5 Å². The zero-order valence-corrected chi connectivity index (χ0v) is 25.8. The molecule has 0 aliphatic heterocycles. The zero-order chi connectivity index (χ0) is 33.7. The van der Waals surface area contributed by atoms with Crippen molar-refractivity contribution in [3.8, 4) is 0 Å². The first-order valence-electron chi connectivity index (χ1n) is 14.8.